The number of carbonyl (C=O) groups excluding carboxylic acids is 1. The molecule has 0 aliphatic carbocycles. The normalized spacial score (nSPS) is 15.1. The first kappa shape index (κ1) is 10.1. The summed E-state index contributed by atoms with van der Waals surface area (Å²) >= 11 is 5.02. The number of para-hydroxylation sites is 1. The van der Waals surface area contributed by atoms with Crippen LogP contribution in [0.15, 0.2) is 29.2 Å². The number of carbonyl (C=O) groups is 1. The van der Waals surface area contributed by atoms with Crippen molar-refractivity contribution in [1.29, 1.82) is 0 Å². The molecule has 1 heterocycles. The van der Waals surface area contributed by atoms with E-state index in [9.17, 15) is 4.79 Å². The predicted octanol–water partition coefficient (Wildman–Crippen LogP) is 2.52. The Hall–Kier alpha value is -0.480. The molecule has 0 radical (unpaired) electrons. The summed E-state index contributed by atoms with van der Waals surface area (Å²) in [5.74, 6) is 1.12. The fourth-order valence-electron chi connectivity index (χ4n) is 1.50. The number of nitrogens with zero attached hydrogens (tertiary/aromatic N) is 1. The van der Waals surface area contributed by atoms with Crippen molar-refractivity contribution in [2.75, 3.05) is 22.5 Å². The van der Waals surface area contributed by atoms with Crippen LogP contribution in [0.5, 0.6) is 0 Å². The number of thioether (sulfide) groups is 1. The third-order valence-electron chi connectivity index (χ3n) is 2.14. The van der Waals surface area contributed by atoms with Gasteiger partial charge in [0.05, 0.1) is 11.0 Å². The maximum absolute atomic E-state index is 11.6. The fraction of sp³-hybridized carbons (Fsp3) is 0.300. The molecule has 2 rings (SSSR count). The molecule has 14 heavy (non-hydrogen) atoms. The molecule has 74 valence electrons. The quantitative estimate of drug-likeness (QED) is 0.732. The monoisotopic (exact) mass is 271 g/mol. The maximum Gasteiger partial charge on any atom is 0.237 e. The third kappa shape index (κ3) is 1.81. The summed E-state index contributed by atoms with van der Waals surface area (Å²) < 4.78 is 0. The molecule has 4 heteroatoms. The van der Waals surface area contributed by atoms with E-state index in [1.54, 1.807) is 0 Å². The zero-order valence-corrected chi connectivity index (χ0v) is 9.97. The molecule has 1 amide bonds. The number of anilines is 1. The van der Waals surface area contributed by atoms with Gasteiger partial charge in [0.1, 0.15) is 0 Å². The van der Waals surface area contributed by atoms with Gasteiger partial charge in [-0.05, 0) is 12.1 Å². The Morgan fingerprint density at radius 2 is 2.29 bits per heavy atom. The summed E-state index contributed by atoms with van der Waals surface area (Å²) in [6.07, 6.45) is 0. The lowest BCUT2D eigenvalue weighted by molar-refractivity contribution is -0.116. The molecule has 0 N–H and O–H groups in total. The number of rotatable bonds is 1. The average molecular weight is 272 g/mol. The first-order valence-corrected chi connectivity index (χ1v) is 6.52. The van der Waals surface area contributed by atoms with Gasteiger partial charge in [-0.1, -0.05) is 28.1 Å². The summed E-state index contributed by atoms with van der Waals surface area (Å²) in [5.41, 5.74) is 1.05. The van der Waals surface area contributed by atoms with Gasteiger partial charge in [0.25, 0.3) is 0 Å². The van der Waals surface area contributed by atoms with Crippen LogP contribution < -0.4 is 4.90 Å². The van der Waals surface area contributed by atoms with Gasteiger partial charge in [-0.3, -0.25) is 4.79 Å². The molecule has 0 saturated carbocycles. The standard InChI is InChI=1S/C10H10BrNOS/c11-7-10(13)12-5-6-14-9-4-2-1-3-8(9)12/h1-4H,5-7H2. The zero-order chi connectivity index (χ0) is 9.97. The number of alkyl halides is 1. The van der Waals surface area contributed by atoms with Crippen LogP contribution in [0, 0.1) is 0 Å². The largest absolute Gasteiger partial charge is 0.310 e. The summed E-state index contributed by atoms with van der Waals surface area (Å²) in [5, 5.41) is 0.395. The minimum absolute atomic E-state index is 0.137. The lowest BCUT2D eigenvalue weighted by atomic mass is 10.3. The molecule has 2 nitrogen and oxygen atoms in total. The van der Waals surface area contributed by atoms with Crippen LogP contribution in [0.4, 0.5) is 5.69 Å². The molecule has 0 unspecified atom stereocenters. The minimum Gasteiger partial charge on any atom is -0.310 e. The molecule has 1 aromatic rings. The van der Waals surface area contributed by atoms with E-state index in [2.05, 4.69) is 22.0 Å². The smallest absolute Gasteiger partial charge is 0.237 e. The van der Waals surface area contributed by atoms with Crippen molar-refractivity contribution in [1.82, 2.24) is 0 Å². The Labute approximate surface area is 95.8 Å². The second kappa shape index (κ2) is 4.36. The van der Waals surface area contributed by atoms with Crippen LogP contribution in [0.25, 0.3) is 0 Å². The summed E-state index contributed by atoms with van der Waals surface area (Å²) in [4.78, 5) is 14.6. The molecule has 0 fully saturated rings. The Kier molecular flexibility index (Phi) is 3.13. The SMILES string of the molecule is O=C(CBr)N1CCSc2ccccc21. The number of amides is 1. The predicted molar refractivity (Wildman–Crippen MR) is 63.3 cm³/mol. The Balaban J connectivity index is 2.35. The first-order chi connectivity index (χ1) is 6.83. The number of halogens is 1. The van der Waals surface area contributed by atoms with Crippen molar-refractivity contribution in [3.8, 4) is 0 Å². The lowest BCUT2D eigenvalue weighted by Gasteiger charge is -2.28. The van der Waals surface area contributed by atoms with E-state index < -0.39 is 0 Å². The van der Waals surface area contributed by atoms with Gasteiger partial charge in [0, 0.05) is 17.2 Å². The van der Waals surface area contributed by atoms with Gasteiger partial charge < -0.3 is 4.90 Å². The van der Waals surface area contributed by atoms with Gasteiger partial charge >= 0.3 is 0 Å². The fourth-order valence-corrected chi connectivity index (χ4v) is 2.80. The van der Waals surface area contributed by atoms with Gasteiger partial charge in [-0.15, -0.1) is 11.8 Å². The average Bonchev–Trinajstić information content (AvgIpc) is 2.27. The molecule has 0 spiro atoms. The van der Waals surface area contributed by atoms with Crippen molar-refractivity contribution >= 4 is 39.3 Å². The van der Waals surface area contributed by atoms with Crippen LogP contribution in [-0.4, -0.2) is 23.5 Å². The van der Waals surface area contributed by atoms with Crippen LogP contribution in [0.3, 0.4) is 0 Å². The number of benzene rings is 1. The Morgan fingerprint density at radius 3 is 3.07 bits per heavy atom. The van der Waals surface area contributed by atoms with E-state index in [0.29, 0.717) is 5.33 Å². The first-order valence-electron chi connectivity index (χ1n) is 4.41. The highest BCUT2D eigenvalue weighted by Gasteiger charge is 2.21. The second-order valence-corrected chi connectivity index (χ2v) is 4.69. The molecular weight excluding hydrogens is 262 g/mol. The molecule has 1 aromatic carbocycles. The van der Waals surface area contributed by atoms with Gasteiger partial charge in [0.2, 0.25) is 5.91 Å². The maximum atomic E-state index is 11.6. The van der Waals surface area contributed by atoms with E-state index in [-0.39, 0.29) is 5.91 Å². The minimum atomic E-state index is 0.137. The third-order valence-corrected chi connectivity index (χ3v) is 3.67. The van der Waals surface area contributed by atoms with Gasteiger partial charge in [0.15, 0.2) is 0 Å². The zero-order valence-electron chi connectivity index (χ0n) is 7.57. The van der Waals surface area contributed by atoms with Crippen LogP contribution in [-0.2, 0) is 4.79 Å². The molecule has 0 saturated heterocycles. The molecule has 1 aliphatic rings. The molecule has 0 atom stereocenters. The molecule has 0 aromatic heterocycles. The van der Waals surface area contributed by atoms with Crippen molar-refractivity contribution in [2.45, 2.75) is 4.90 Å². The number of fused-ring (bicyclic) bond motifs is 1. The van der Waals surface area contributed by atoms with E-state index in [1.807, 2.05) is 34.9 Å². The topological polar surface area (TPSA) is 20.3 Å². The van der Waals surface area contributed by atoms with Crippen molar-refractivity contribution < 1.29 is 4.79 Å². The van der Waals surface area contributed by atoms with Crippen LogP contribution >= 0.6 is 27.7 Å². The van der Waals surface area contributed by atoms with Crippen LogP contribution in [0.1, 0.15) is 0 Å². The molecule has 0 bridgehead atoms. The Bertz CT molecular complexity index is 356. The highest BCUT2D eigenvalue weighted by atomic mass is 79.9. The highest BCUT2D eigenvalue weighted by Crippen LogP contribution is 2.34. The number of hydrogen-bond acceptors (Lipinski definition) is 2. The van der Waals surface area contributed by atoms with E-state index in [4.69, 9.17) is 0 Å². The summed E-state index contributed by atoms with van der Waals surface area (Å²) in [6.45, 7) is 0.812. The van der Waals surface area contributed by atoms with E-state index >= 15 is 0 Å². The van der Waals surface area contributed by atoms with Crippen LogP contribution in [0.2, 0.25) is 0 Å². The lowest BCUT2D eigenvalue weighted by Crippen LogP contribution is -2.36. The summed E-state index contributed by atoms with van der Waals surface area (Å²) in [7, 11) is 0. The van der Waals surface area contributed by atoms with E-state index in [1.165, 1.54) is 4.90 Å². The number of hydrogen-bond donors (Lipinski definition) is 0. The van der Waals surface area contributed by atoms with Crippen molar-refractivity contribution in [2.24, 2.45) is 0 Å². The highest BCUT2D eigenvalue weighted by molar-refractivity contribution is 9.09. The summed E-state index contributed by atoms with van der Waals surface area (Å²) in [6, 6.07) is 8.04. The molecule has 1 aliphatic heterocycles. The van der Waals surface area contributed by atoms with Crippen molar-refractivity contribution in [3.05, 3.63) is 24.3 Å². The van der Waals surface area contributed by atoms with Gasteiger partial charge in [-0.25, -0.2) is 0 Å². The second-order valence-electron chi connectivity index (χ2n) is 3.00. The Morgan fingerprint density at radius 1 is 1.50 bits per heavy atom. The van der Waals surface area contributed by atoms with E-state index in [0.717, 1.165) is 18.0 Å². The van der Waals surface area contributed by atoms with Crippen molar-refractivity contribution in [3.63, 3.8) is 0 Å². The molecular formula is C10H10BrNOS. The van der Waals surface area contributed by atoms with Gasteiger partial charge in [-0.2, -0.15) is 0 Å².